The van der Waals surface area contributed by atoms with Gasteiger partial charge in [-0.1, -0.05) is 6.07 Å². The number of aromatic hydroxyl groups is 1. The van der Waals surface area contributed by atoms with E-state index < -0.39 is 0 Å². The summed E-state index contributed by atoms with van der Waals surface area (Å²) in [6.45, 7) is 5.61. The van der Waals surface area contributed by atoms with Crippen LogP contribution in [0.5, 0.6) is 5.75 Å². The first-order valence-electron chi connectivity index (χ1n) is 5.91. The lowest BCUT2D eigenvalue weighted by atomic mass is 10.1. The SMILES string of the molecule is CC1CN(C(=O)c2cccc(O)c2)C(C)CN1. The number of piperazine rings is 1. The molecule has 2 N–H and O–H groups in total. The summed E-state index contributed by atoms with van der Waals surface area (Å²) >= 11 is 0. The van der Waals surface area contributed by atoms with E-state index in [2.05, 4.69) is 12.2 Å². The third-order valence-electron chi connectivity index (χ3n) is 3.12. The maximum Gasteiger partial charge on any atom is 0.254 e. The number of carbonyl (C=O) groups excluding carboxylic acids is 1. The zero-order chi connectivity index (χ0) is 12.4. The van der Waals surface area contributed by atoms with E-state index in [0.717, 1.165) is 6.54 Å². The molecular weight excluding hydrogens is 216 g/mol. The van der Waals surface area contributed by atoms with Crippen LogP contribution in [-0.4, -0.2) is 41.1 Å². The molecule has 1 amide bonds. The maximum atomic E-state index is 12.3. The summed E-state index contributed by atoms with van der Waals surface area (Å²) in [5.41, 5.74) is 0.547. The number of rotatable bonds is 1. The Hall–Kier alpha value is -1.55. The fourth-order valence-corrected chi connectivity index (χ4v) is 2.11. The van der Waals surface area contributed by atoms with Gasteiger partial charge in [-0.05, 0) is 32.0 Å². The van der Waals surface area contributed by atoms with Gasteiger partial charge in [0.2, 0.25) is 0 Å². The molecule has 1 aliphatic heterocycles. The van der Waals surface area contributed by atoms with Gasteiger partial charge in [0.25, 0.3) is 5.91 Å². The Balaban J connectivity index is 2.18. The number of hydrogen-bond acceptors (Lipinski definition) is 3. The summed E-state index contributed by atoms with van der Waals surface area (Å²) in [5.74, 6) is 0.119. The highest BCUT2D eigenvalue weighted by atomic mass is 16.3. The quantitative estimate of drug-likeness (QED) is 0.768. The summed E-state index contributed by atoms with van der Waals surface area (Å²) in [7, 11) is 0. The zero-order valence-corrected chi connectivity index (χ0v) is 10.2. The van der Waals surface area contributed by atoms with Crippen LogP contribution in [0.15, 0.2) is 24.3 Å². The average Bonchev–Trinajstić information content (AvgIpc) is 2.31. The summed E-state index contributed by atoms with van der Waals surface area (Å²) in [6, 6.07) is 7.01. The molecule has 17 heavy (non-hydrogen) atoms. The van der Waals surface area contributed by atoms with Gasteiger partial charge in [0.15, 0.2) is 0 Å². The fourth-order valence-electron chi connectivity index (χ4n) is 2.11. The second kappa shape index (κ2) is 4.75. The summed E-state index contributed by atoms with van der Waals surface area (Å²) < 4.78 is 0. The molecule has 0 saturated carbocycles. The topological polar surface area (TPSA) is 52.6 Å². The van der Waals surface area contributed by atoms with Crippen LogP contribution in [0.3, 0.4) is 0 Å². The van der Waals surface area contributed by atoms with Gasteiger partial charge in [-0.15, -0.1) is 0 Å². The highest BCUT2D eigenvalue weighted by Gasteiger charge is 2.27. The third-order valence-corrected chi connectivity index (χ3v) is 3.12. The minimum Gasteiger partial charge on any atom is -0.508 e. The highest BCUT2D eigenvalue weighted by Crippen LogP contribution is 2.16. The largest absolute Gasteiger partial charge is 0.508 e. The molecular formula is C13H18N2O2. The van der Waals surface area contributed by atoms with Crippen molar-refractivity contribution >= 4 is 5.91 Å². The molecule has 4 nitrogen and oxygen atoms in total. The standard InChI is InChI=1S/C13H18N2O2/c1-9-8-15(10(2)7-14-9)13(17)11-4-3-5-12(16)6-11/h3-6,9-10,14,16H,7-8H2,1-2H3. The number of phenols is 1. The van der Waals surface area contributed by atoms with E-state index in [0.29, 0.717) is 18.2 Å². The lowest BCUT2D eigenvalue weighted by Gasteiger charge is -2.37. The number of carbonyl (C=O) groups is 1. The molecule has 2 rings (SSSR count). The molecule has 2 atom stereocenters. The van der Waals surface area contributed by atoms with Gasteiger partial charge < -0.3 is 15.3 Å². The number of nitrogens with zero attached hydrogens (tertiary/aromatic N) is 1. The van der Waals surface area contributed by atoms with E-state index in [1.54, 1.807) is 18.2 Å². The maximum absolute atomic E-state index is 12.3. The molecule has 1 aromatic carbocycles. The van der Waals surface area contributed by atoms with E-state index in [-0.39, 0.29) is 17.7 Å². The Kier molecular flexibility index (Phi) is 3.33. The number of amides is 1. The minimum atomic E-state index is -0.0123. The van der Waals surface area contributed by atoms with E-state index >= 15 is 0 Å². The molecule has 4 heteroatoms. The van der Waals surface area contributed by atoms with Crippen LogP contribution in [0.1, 0.15) is 24.2 Å². The summed E-state index contributed by atoms with van der Waals surface area (Å²) in [5, 5.41) is 12.7. The summed E-state index contributed by atoms with van der Waals surface area (Å²) in [4.78, 5) is 14.2. The first-order chi connectivity index (χ1) is 8.08. The van der Waals surface area contributed by atoms with Crippen LogP contribution in [0.25, 0.3) is 0 Å². The number of benzene rings is 1. The zero-order valence-electron chi connectivity index (χ0n) is 10.2. The van der Waals surface area contributed by atoms with Crippen LogP contribution in [-0.2, 0) is 0 Å². The van der Waals surface area contributed by atoms with E-state index in [1.807, 2.05) is 11.8 Å². The number of hydrogen-bond donors (Lipinski definition) is 2. The fraction of sp³-hybridized carbons (Fsp3) is 0.462. The van der Waals surface area contributed by atoms with Gasteiger partial charge in [-0.3, -0.25) is 4.79 Å². The molecule has 1 saturated heterocycles. The minimum absolute atomic E-state index is 0.0123. The predicted molar refractivity (Wildman–Crippen MR) is 66.1 cm³/mol. The van der Waals surface area contributed by atoms with E-state index in [1.165, 1.54) is 6.07 Å². The summed E-state index contributed by atoms with van der Waals surface area (Å²) in [6.07, 6.45) is 0. The van der Waals surface area contributed by atoms with Gasteiger partial charge in [0.05, 0.1) is 0 Å². The highest BCUT2D eigenvalue weighted by molar-refractivity contribution is 5.94. The van der Waals surface area contributed by atoms with Gasteiger partial charge in [0.1, 0.15) is 5.75 Å². The first-order valence-corrected chi connectivity index (χ1v) is 5.91. The van der Waals surface area contributed by atoms with Gasteiger partial charge in [0, 0.05) is 30.7 Å². The molecule has 0 bridgehead atoms. The lowest BCUT2D eigenvalue weighted by molar-refractivity contribution is 0.0616. The van der Waals surface area contributed by atoms with E-state index in [4.69, 9.17) is 0 Å². The lowest BCUT2D eigenvalue weighted by Crippen LogP contribution is -2.56. The van der Waals surface area contributed by atoms with Gasteiger partial charge in [-0.2, -0.15) is 0 Å². The third kappa shape index (κ3) is 2.58. The second-order valence-corrected chi connectivity index (χ2v) is 4.67. The normalized spacial score (nSPS) is 24.7. The Morgan fingerprint density at radius 3 is 2.94 bits per heavy atom. The smallest absolute Gasteiger partial charge is 0.254 e. The van der Waals surface area contributed by atoms with Crippen molar-refractivity contribution in [2.24, 2.45) is 0 Å². The molecule has 1 heterocycles. The molecule has 1 fully saturated rings. The van der Waals surface area contributed by atoms with Crippen molar-refractivity contribution in [3.63, 3.8) is 0 Å². The van der Waals surface area contributed by atoms with Crippen molar-refractivity contribution in [1.82, 2.24) is 10.2 Å². The molecule has 0 radical (unpaired) electrons. The van der Waals surface area contributed by atoms with Crippen molar-refractivity contribution in [3.8, 4) is 5.75 Å². The molecule has 1 aromatic rings. The van der Waals surface area contributed by atoms with Crippen LogP contribution in [0.4, 0.5) is 0 Å². The van der Waals surface area contributed by atoms with Crippen LogP contribution >= 0.6 is 0 Å². The second-order valence-electron chi connectivity index (χ2n) is 4.67. The average molecular weight is 234 g/mol. The van der Waals surface area contributed by atoms with Crippen molar-refractivity contribution in [2.45, 2.75) is 25.9 Å². The molecule has 0 spiro atoms. The number of nitrogens with one attached hydrogen (secondary N) is 1. The van der Waals surface area contributed by atoms with Crippen molar-refractivity contribution < 1.29 is 9.90 Å². The van der Waals surface area contributed by atoms with Gasteiger partial charge in [-0.25, -0.2) is 0 Å². The van der Waals surface area contributed by atoms with Crippen molar-refractivity contribution in [1.29, 1.82) is 0 Å². The van der Waals surface area contributed by atoms with Crippen molar-refractivity contribution in [2.75, 3.05) is 13.1 Å². The van der Waals surface area contributed by atoms with Crippen LogP contribution < -0.4 is 5.32 Å². The molecule has 92 valence electrons. The molecule has 1 aliphatic rings. The Morgan fingerprint density at radius 1 is 1.47 bits per heavy atom. The first kappa shape index (κ1) is 11.9. The number of phenolic OH excluding ortho intramolecular Hbond substituents is 1. The Bertz CT molecular complexity index is 420. The van der Waals surface area contributed by atoms with Crippen LogP contribution in [0, 0.1) is 0 Å². The van der Waals surface area contributed by atoms with Crippen molar-refractivity contribution in [3.05, 3.63) is 29.8 Å². The molecule has 0 aliphatic carbocycles. The molecule has 0 aromatic heterocycles. The van der Waals surface area contributed by atoms with Crippen LogP contribution in [0.2, 0.25) is 0 Å². The monoisotopic (exact) mass is 234 g/mol. The predicted octanol–water partition coefficient (Wildman–Crippen LogP) is 1.21. The van der Waals surface area contributed by atoms with E-state index in [9.17, 15) is 9.90 Å². The van der Waals surface area contributed by atoms with Gasteiger partial charge >= 0.3 is 0 Å². The molecule has 2 unspecified atom stereocenters. The Labute approximate surface area is 101 Å². The Morgan fingerprint density at radius 2 is 2.24 bits per heavy atom.